The van der Waals surface area contributed by atoms with Gasteiger partial charge in [0.2, 0.25) is 0 Å². The lowest BCUT2D eigenvalue weighted by molar-refractivity contribution is 0.624. The van der Waals surface area contributed by atoms with Crippen molar-refractivity contribution in [2.24, 2.45) is 5.92 Å². The van der Waals surface area contributed by atoms with Crippen LogP contribution in [0.3, 0.4) is 0 Å². The van der Waals surface area contributed by atoms with Crippen molar-refractivity contribution in [3.63, 3.8) is 0 Å². The third-order valence-corrected chi connectivity index (χ3v) is 2.59. The molecular weight excluding hydrogens is 208 g/mol. The average Bonchev–Trinajstić information content (AvgIpc) is 2.26. The van der Waals surface area contributed by atoms with E-state index in [1.807, 2.05) is 43.3 Å². The fourth-order valence-electron chi connectivity index (χ4n) is 1.42. The van der Waals surface area contributed by atoms with Crippen LogP contribution in [0.15, 0.2) is 24.3 Å². The van der Waals surface area contributed by atoms with Gasteiger partial charge in [-0.3, -0.25) is 0 Å². The summed E-state index contributed by atoms with van der Waals surface area (Å²) in [6.45, 7) is 2.00. The predicted molar refractivity (Wildman–Crippen MR) is 59.2 cm³/mol. The Labute approximate surface area is 94.7 Å². The Morgan fingerprint density at radius 2 is 1.73 bits per heavy atom. The Morgan fingerprint density at radius 3 is 2.20 bits per heavy atom. The standard InChI is InChI=1S/C12H11ClN2/c1-9(6-10(7-14)8-15)11-2-4-12(13)5-3-11/h2-5,9-10H,6H2,1H3. The quantitative estimate of drug-likeness (QED) is 0.780. The van der Waals surface area contributed by atoms with Gasteiger partial charge in [-0.05, 0) is 30.0 Å². The molecule has 0 spiro atoms. The molecule has 1 unspecified atom stereocenters. The van der Waals surface area contributed by atoms with Gasteiger partial charge in [0.1, 0.15) is 5.92 Å². The summed E-state index contributed by atoms with van der Waals surface area (Å²) in [4.78, 5) is 0. The molecule has 0 aliphatic rings. The minimum absolute atomic E-state index is 0.201. The van der Waals surface area contributed by atoms with Crippen LogP contribution in [0.2, 0.25) is 5.02 Å². The summed E-state index contributed by atoms with van der Waals surface area (Å²) < 4.78 is 0. The average molecular weight is 219 g/mol. The molecular formula is C12H11ClN2. The van der Waals surface area contributed by atoms with Gasteiger partial charge in [0, 0.05) is 5.02 Å². The van der Waals surface area contributed by atoms with Gasteiger partial charge in [-0.1, -0.05) is 30.7 Å². The van der Waals surface area contributed by atoms with E-state index in [4.69, 9.17) is 22.1 Å². The van der Waals surface area contributed by atoms with Crippen molar-refractivity contribution in [2.75, 3.05) is 0 Å². The maximum Gasteiger partial charge on any atom is 0.133 e. The van der Waals surface area contributed by atoms with Gasteiger partial charge in [-0.2, -0.15) is 10.5 Å². The van der Waals surface area contributed by atoms with E-state index in [9.17, 15) is 0 Å². The summed E-state index contributed by atoms with van der Waals surface area (Å²) in [5, 5.41) is 18.0. The van der Waals surface area contributed by atoms with Crippen LogP contribution in [0.1, 0.15) is 24.8 Å². The summed E-state index contributed by atoms with van der Waals surface area (Å²) in [5.41, 5.74) is 1.11. The van der Waals surface area contributed by atoms with Gasteiger partial charge in [-0.25, -0.2) is 0 Å². The number of halogens is 1. The molecule has 0 heterocycles. The molecule has 0 fully saturated rings. The molecule has 0 saturated heterocycles. The van der Waals surface area contributed by atoms with Crippen LogP contribution >= 0.6 is 11.6 Å². The summed E-state index contributed by atoms with van der Waals surface area (Å²) in [6, 6.07) is 11.5. The highest BCUT2D eigenvalue weighted by Gasteiger charge is 2.13. The van der Waals surface area contributed by atoms with Crippen LogP contribution in [0.25, 0.3) is 0 Å². The molecule has 1 aromatic carbocycles. The highest BCUT2D eigenvalue weighted by atomic mass is 35.5. The van der Waals surface area contributed by atoms with Gasteiger partial charge in [-0.15, -0.1) is 0 Å². The minimum atomic E-state index is -0.532. The van der Waals surface area contributed by atoms with Crippen LogP contribution in [0.4, 0.5) is 0 Å². The van der Waals surface area contributed by atoms with Crippen molar-refractivity contribution in [3.05, 3.63) is 34.9 Å². The summed E-state index contributed by atoms with van der Waals surface area (Å²) in [5.74, 6) is -0.331. The van der Waals surface area contributed by atoms with Gasteiger partial charge >= 0.3 is 0 Å². The monoisotopic (exact) mass is 218 g/mol. The molecule has 0 saturated carbocycles. The number of nitriles is 2. The van der Waals surface area contributed by atoms with Gasteiger partial charge in [0.15, 0.2) is 0 Å². The molecule has 1 aromatic rings. The number of hydrogen-bond acceptors (Lipinski definition) is 2. The SMILES string of the molecule is CC(CC(C#N)C#N)c1ccc(Cl)cc1. The summed E-state index contributed by atoms with van der Waals surface area (Å²) in [6.07, 6.45) is 0.564. The van der Waals surface area contributed by atoms with E-state index in [0.717, 1.165) is 5.56 Å². The van der Waals surface area contributed by atoms with E-state index < -0.39 is 5.92 Å². The van der Waals surface area contributed by atoms with Crippen molar-refractivity contribution >= 4 is 11.6 Å². The van der Waals surface area contributed by atoms with Gasteiger partial charge in [0.05, 0.1) is 12.1 Å². The van der Waals surface area contributed by atoms with E-state index in [2.05, 4.69) is 0 Å². The number of benzene rings is 1. The van der Waals surface area contributed by atoms with E-state index in [-0.39, 0.29) is 5.92 Å². The van der Waals surface area contributed by atoms with Crippen molar-refractivity contribution < 1.29 is 0 Å². The van der Waals surface area contributed by atoms with E-state index in [0.29, 0.717) is 11.4 Å². The van der Waals surface area contributed by atoms with E-state index in [1.165, 1.54) is 0 Å². The number of hydrogen-bond donors (Lipinski definition) is 0. The topological polar surface area (TPSA) is 47.6 Å². The maximum absolute atomic E-state index is 8.67. The maximum atomic E-state index is 8.67. The fourth-order valence-corrected chi connectivity index (χ4v) is 1.54. The highest BCUT2D eigenvalue weighted by Crippen LogP contribution is 2.24. The van der Waals surface area contributed by atoms with Crippen LogP contribution in [0, 0.1) is 28.6 Å². The Hall–Kier alpha value is -1.51. The van der Waals surface area contributed by atoms with Crippen LogP contribution in [-0.4, -0.2) is 0 Å². The zero-order valence-corrected chi connectivity index (χ0v) is 9.20. The van der Waals surface area contributed by atoms with Crippen LogP contribution < -0.4 is 0 Å². The van der Waals surface area contributed by atoms with Crippen molar-refractivity contribution in [2.45, 2.75) is 19.3 Å². The third kappa shape index (κ3) is 3.27. The minimum Gasteiger partial charge on any atom is -0.197 e. The molecule has 3 heteroatoms. The van der Waals surface area contributed by atoms with Crippen molar-refractivity contribution in [1.29, 1.82) is 10.5 Å². The van der Waals surface area contributed by atoms with Crippen molar-refractivity contribution in [1.82, 2.24) is 0 Å². The predicted octanol–water partition coefficient (Wildman–Crippen LogP) is 3.50. The van der Waals surface area contributed by atoms with Gasteiger partial charge < -0.3 is 0 Å². The molecule has 0 N–H and O–H groups in total. The smallest absolute Gasteiger partial charge is 0.133 e. The van der Waals surface area contributed by atoms with E-state index in [1.54, 1.807) is 0 Å². The van der Waals surface area contributed by atoms with E-state index >= 15 is 0 Å². The first-order valence-corrected chi connectivity index (χ1v) is 5.10. The third-order valence-electron chi connectivity index (χ3n) is 2.34. The zero-order valence-electron chi connectivity index (χ0n) is 8.44. The Kier molecular flexibility index (Phi) is 4.16. The normalized spacial score (nSPS) is 11.8. The largest absolute Gasteiger partial charge is 0.197 e. The molecule has 0 bridgehead atoms. The zero-order chi connectivity index (χ0) is 11.3. The first-order chi connectivity index (χ1) is 7.17. The summed E-state index contributed by atoms with van der Waals surface area (Å²) >= 11 is 5.77. The fraction of sp³-hybridized carbons (Fsp3) is 0.333. The Balaban J connectivity index is 2.70. The molecule has 0 aromatic heterocycles. The molecule has 0 aliphatic heterocycles. The van der Waals surface area contributed by atoms with Crippen LogP contribution in [0.5, 0.6) is 0 Å². The molecule has 1 rings (SSSR count). The molecule has 0 amide bonds. The van der Waals surface area contributed by atoms with Crippen molar-refractivity contribution in [3.8, 4) is 12.1 Å². The second-order valence-corrected chi connectivity index (χ2v) is 3.94. The molecule has 0 radical (unpaired) electrons. The lowest BCUT2D eigenvalue weighted by Gasteiger charge is -2.11. The van der Waals surface area contributed by atoms with Gasteiger partial charge in [0.25, 0.3) is 0 Å². The first kappa shape index (κ1) is 11.6. The highest BCUT2D eigenvalue weighted by molar-refractivity contribution is 6.30. The second kappa shape index (κ2) is 5.39. The Morgan fingerprint density at radius 1 is 1.20 bits per heavy atom. The lowest BCUT2D eigenvalue weighted by atomic mass is 9.92. The second-order valence-electron chi connectivity index (χ2n) is 3.50. The molecule has 76 valence electrons. The summed E-state index contributed by atoms with van der Waals surface area (Å²) in [7, 11) is 0. The molecule has 0 aliphatic carbocycles. The van der Waals surface area contributed by atoms with Crippen LogP contribution in [-0.2, 0) is 0 Å². The molecule has 15 heavy (non-hydrogen) atoms. The Bertz CT molecular complexity index is 383. The molecule has 2 nitrogen and oxygen atoms in total. The first-order valence-electron chi connectivity index (χ1n) is 4.72. The molecule has 1 atom stereocenters. The number of rotatable bonds is 3. The number of nitrogens with zero attached hydrogens (tertiary/aromatic N) is 2. The lowest BCUT2D eigenvalue weighted by Crippen LogP contribution is -2.01.